The number of aromatic nitrogens is 3. The van der Waals surface area contributed by atoms with E-state index < -0.39 is 0 Å². The lowest BCUT2D eigenvalue weighted by atomic mass is 9.99. The zero-order valence-corrected chi connectivity index (χ0v) is 13.9. The van der Waals surface area contributed by atoms with E-state index in [0.29, 0.717) is 5.92 Å². The SMILES string of the molecule is CCCN(Cc1ncnn1CC(C)C)CC1CCCNC1. The molecular formula is C16H31N5. The van der Waals surface area contributed by atoms with Gasteiger partial charge in [0.1, 0.15) is 12.2 Å². The second-order valence-corrected chi connectivity index (χ2v) is 6.70. The monoisotopic (exact) mass is 293 g/mol. The summed E-state index contributed by atoms with van der Waals surface area (Å²) in [6.07, 6.45) is 5.56. The zero-order valence-electron chi connectivity index (χ0n) is 13.9. The molecule has 1 fully saturated rings. The minimum atomic E-state index is 0.604. The Kier molecular flexibility index (Phi) is 6.64. The number of nitrogens with one attached hydrogen (secondary N) is 1. The summed E-state index contributed by atoms with van der Waals surface area (Å²) in [5.74, 6) is 2.50. The predicted octanol–water partition coefficient (Wildman–Crippen LogP) is 2.15. The van der Waals surface area contributed by atoms with Gasteiger partial charge in [0.15, 0.2) is 0 Å². The summed E-state index contributed by atoms with van der Waals surface area (Å²) in [5, 5.41) is 7.90. The summed E-state index contributed by atoms with van der Waals surface area (Å²) in [5.41, 5.74) is 0. The fraction of sp³-hybridized carbons (Fsp3) is 0.875. The first-order valence-electron chi connectivity index (χ1n) is 8.48. The van der Waals surface area contributed by atoms with Crippen LogP contribution in [0, 0.1) is 11.8 Å². The van der Waals surface area contributed by atoms with E-state index in [-0.39, 0.29) is 0 Å². The fourth-order valence-electron chi connectivity index (χ4n) is 3.11. The number of nitrogens with zero attached hydrogens (tertiary/aromatic N) is 4. The van der Waals surface area contributed by atoms with E-state index in [1.165, 1.54) is 38.9 Å². The second-order valence-electron chi connectivity index (χ2n) is 6.70. The van der Waals surface area contributed by atoms with Gasteiger partial charge in [0, 0.05) is 13.1 Å². The highest BCUT2D eigenvalue weighted by Crippen LogP contribution is 2.14. The molecule has 1 N–H and O–H groups in total. The van der Waals surface area contributed by atoms with Crippen LogP contribution in [-0.4, -0.2) is 45.8 Å². The Morgan fingerprint density at radius 3 is 3.00 bits per heavy atom. The normalized spacial score (nSPS) is 19.6. The van der Waals surface area contributed by atoms with Gasteiger partial charge in [-0.3, -0.25) is 4.90 Å². The summed E-state index contributed by atoms with van der Waals surface area (Å²) < 4.78 is 2.08. The molecule has 0 bridgehead atoms. The topological polar surface area (TPSA) is 46.0 Å². The molecule has 0 spiro atoms. The van der Waals surface area contributed by atoms with Crippen molar-refractivity contribution in [1.82, 2.24) is 25.0 Å². The molecule has 21 heavy (non-hydrogen) atoms. The minimum absolute atomic E-state index is 0.604. The molecule has 5 heteroatoms. The van der Waals surface area contributed by atoms with Crippen LogP contribution in [0.25, 0.3) is 0 Å². The van der Waals surface area contributed by atoms with Gasteiger partial charge >= 0.3 is 0 Å². The molecule has 120 valence electrons. The van der Waals surface area contributed by atoms with Crippen LogP contribution >= 0.6 is 0 Å². The Morgan fingerprint density at radius 1 is 1.48 bits per heavy atom. The molecule has 1 aliphatic rings. The van der Waals surface area contributed by atoms with E-state index >= 15 is 0 Å². The number of hydrogen-bond donors (Lipinski definition) is 1. The number of hydrogen-bond acceptors (Lipinski definition) is 4. The van der Waals surface area contributed by atoms with E-state index in [4.69, 9.17) is 0 Å². The molecule has 2 rings (SSSR count). The Morgan fingerprint density at radius 2 is 2.33 bits per heavy atom. The maximum absolute atomic E-state index is 4.48. The third-order valence-corrected chi connectivity index (χ3v) is 4.05. The van der Waals surface area contributed by atoms with Crippen molar-refractivity contribution < 1.29 is 0 Å². The van der Waals surface area contributed by atoms with Gasteiger partial charge in [-0.1, -0.05) is 20.8 Å². The molecule has 0 aromatic carbocycles. The third kappa shape index (κ3) is 5.40. The van der Waals surface area contributed by atoms with Crippen LogP contribution in [0.5, 0.6) is 0 Å². The third-order valence-electron chi connectivity index (χ3n) is 4.05. The van der Waals surface area contributed by atoms with E-state index in [1.54, 1.807) is 6.33 Å². The van der Waals surface area contributed by atoms with Crippen LogP contribution in [0.2, 0.25) is 0 Å². The van der Waals surface area contributed by atoms with E-state index in [0.717, 1.165) is 31.4 Å². The molecular weight excluding hydrogens is 262 g/mol. The summed E-state index contributed by atoms with van der Waals surface area (Å²) in [6.45, 7) is 13.3. The summed E-state index contributed by atoms with van der Waals surface area (Å²) >= 11 is 0. The van der Waals surface area contributed by atoms with Crippen LogP contribution < -0.4 is 5.32 Å². The molecule has 1 aromatic rings. The molecule has 2 heterocycles. The second kappa shape index (κ2) is 8.49. The van der Waals surface area contributed by atoms with Gasteiger partial charge in [-0.25, -0.2) is 9.67 Å². The van der Waals surface area contributed by atoms with Crippen LogP contribution in [-0.2, 0) is 13.1 Å². The predicted molar refractivity (Wildman–Crippen MR) is 86.0 cm³/mol. The van der Waals surface area contributed by atoms with Crippen molar-refractivity contribution in [3.8, 4) is 0 Å². The smallest absolute Gasteiger partial charge is 0.141 e. The molecule has 1 saturated heterocycles. The molecule has 5 nitrogen and oxygen atoms in total. The zero-order chi connectivity index (χ0) is 15.1. The van der Waals surface area contributed by atoms with Gasteiger partial charge in [-0.05, 0) is 50.7 Å². The molecule has 1 atom stereocenters. The maximum atomic E-state index is 4.48. The Hall–Kier alpha value is -0.940. The molecule has 1 aromatic heterocycles. The fourth-order valence-corrected chi connectivity index (χ4v) is 3.11. The van der Waals surface area contributed by atoms with Gasteiger partial charge in [0.2, 0.25) is 0 Å². The van der Waals surface area contributed by atoms with Gasteiger partial charge in [0.05, 0.1) is 6.54 Å². The van der Waals surface area contributed by atoms with E-state index in [2.05, 4.69) is 45.8 Å². The maximum Gasteiger partial charge on any atom is 0.141 e. The van der Waals surface area contributed by atoms with Crippen LogP contribution in [0.3, 0.4) is 0 Å². The lowest BCUT2D eigenvalue weighted by Gasteiger charge is -2.29. The van der Waals surface area contributed by atoms with Crippen molar-refractivity contribution in [2.24, 2.45) is 11.8 Å². The average Bonchev–Trinajstić information content (AvgIpc) is 2.86. The first kappa shape index (κ1) is 16.4. The van der Waals surface area contributed by atoms with Gasteiger partial charge in [-0.15, -0.1) is 0 Å². The molecule has 0 saturated carbocycles. The highest BCUT2D eigenvalue weighted by Gasteiger charge is 2.18. The molecule has 0 amide bonds. The standard InChI is InChI=1S/C16H31N5/c1-4-8-20(11-15-6-5-7-17-9-15)12-16-18-13-19-21(16)10-14(2)3/h13-15,17H,4-12H2,1-3H3. The van der Waals surface area contributed by atoms with Crippen LogP contribution in [0.1, 0.15) is 45.9 Å². The van der Waals surface area contributed by atoms with Crippen molar-refractivity contribution in [2.45, 2.75) is 53.1 Å². The Labute approximate surface area is 129 Å². The summed E-state index contributed by atoms with van der Waals surface area (Å²) in [7, 11) is 0. The average molecular weight is 293 g/mol. The highest BCUT2D eigenvalue weighted by atomic mass is 15.3. The van der Waals surface area contributed by atoms with Crippen molar-refractivity contribution in [2.75, 3.05) is 26.2 Å². The van der Waals surface area contributed by atoms with Crippen molar-refractivity contribution >= 4 is 0 Å². The number of rotatable bonds is 8. The quantitative estimate of drug-likeness (QED) is 0.798. The summed E-state index contributed by atoms with van der Waals surface area (Å²) in [4.78, 5) is 7.03. The molecule has 1 aliphatic heterocycles. The van der Waals surface area contributed by atoms with Gasteiger partial charge in [0.25, 0.3) is 0 Å². The van der Waals surface area contributed by atoms with Crippen LogP contribution in [0.4, 0.5) is 0 Å². The van der Waals surface area contributed by atoms with Gasteiger partial charge in [-0.2, -0.15) is 5.10 Å². The number of piperidine rings is 1. The molecule has 1 unspecified atom stereocenters. The van der Waals surface area contributed by atoms with Crippen molar-refractivity contribution in [3.05, 3.63) is 12.2 Å². The Balaban J connectivity index is 1.93. The van der Waals surface area contributed by atoms with Crippen LogP contribution in [0.15, 0.2) is 6.33 Å². The highest BCUT2D eigenvalue weighted by molar-refractivity contribution is 4.86. The molecule has 0 aliphatic carbocycles. The van der Waals surface area contributed by atoms with Crippen molar-refractivity contribution in [1.29, 1.82) is 0 Å². The lowest BCUT2D eigenvalue weighted by molar-refractivity contribution is 0.194. The van der Waals surface area contributed by atoms with Crippen molar-refractivity contribution in [3.63, 3.8) is 0 Å². The summed E-state index contributed by atoms with van der Waals surface area (Å²) in [6, 6.07) is 0. The first-order chi connectivity index (χ1) is 10.2. The lowest BCUT2D eigenvalue weighted by Crippen LogP contribution is -2.38. The first-order valence-corrected chi connectivity index (χ1v) is 8.48. The van der Waals surface area contributed by atoms with E-state index in [1.807, 2.05) is 0 Å². The minimum Gasteiger partial charge on any atom is -0.316 e. The Bertz CT molecular complexity index is 395. The van der Waals surface area contributed by atoms with E-state index in [9.17, 15) is 0 Å². The van der Waals surface area contributed by atoms with Gasteiger partial charge < -0.3 is 5.32 Å². The molecule has 0 radical (unpaired) electrons. The largest absolute Gasteiger partial charge is 0.316 e.